The molecule has 1 aliphatic heterocycles. The van der Waals surface area contributed by atoms with E-state index in [4.69, 9.17) is 9.84 Å². The van der Waals surface area contributed by atoms with Crippen LogP contribution in [0.25, 0.3) is 0 Å². The number of hydrogen-bond donors (Lipinski definition) is 3. The third-order valence-electron chi connectivity index (χ3n) is 4.61. The quantitative estimate of drug-likeness (QED) is 0.699. The fourth-order valence-corrected chi connectivity index (χ4v) is 3.06. The van der Waals surface area contributed by atoms with Gasteiger partial charge in [-0.05, 0) is 43.3 Å². The van der Waals surface area contributed by atoms with Gasteiger partial charge in [0.1, 0.15) is 23.8 Å². The van der Waals surface area contributed by atoms with Crippen LogP contribution in [0.3, 0.4) is 0 Å². The Kier molecular flexibility index (Phi) is 5.91. The van der Waals surface area contributed by atoms with Crippen LogP contribution in [0.5, 0.6) is 5.75 Å². The molecular formula is C20H21FN2O5. The van der Waals surface area contributed by atoms with Crippen LogP contribution in [0.1, 0.15) is 15.9 Å². The van der Waals surface area contributed by atoms with E-state index in [2.05, 4.69) is 5.32 Å². The summed E-state index contributed by atoms with van der Waals surface area (Å²) in [7, 11) is 0. The predicted octanol–water partition coefficient (Wildman–Crippen LogP) is 1.89. The van der Waals surface area contributed by atoms with Crippen molar-refractivity contribution >= 4 is 17.6 Å². The first-order chi connectivity index (χ1) is 13.3. The monoisotopic (exact) mass is 388 g/mol. The fourth-order valence-electron chi connectivity index (χ4n) is 3.06. The van der Waals surface area contributed by atoms with E-state index in [1.54, 1.807) is 17.9 Å². The fraction of sp³-hybridized carbons (Fsp3) is 0.300. The smallest absolute Gasteiger partial charge is 0.335 e. The molecule has 1 heterocycles. The van der Waals surface area contributed by atoms with Gasteiger partial charge >= 0.3 is 5.97 Å². The molecule has 28 heavy (non-hydrogen) atoms. The van der Waals surface area contributed by atoms with E-state index in [0.29, 0.717) is 23.5 Å². The summed E-state index contributed by atoms with van der Waals surface area (Å²) in [5.41, 5.74) is 0.921. The van der Waals surface area contributed by atoms with Gasteiger partial charge < -0.3 is 20.3 Å². The zero-order valence-corrected chi connectivity index (χ0v) is 15.3. The van der Waals surface area contributed by atoms with Gasteiger partial charge in [0.2, 0.25) is 5.91 Å². The molecule has 7 nitrogen and oxygen atoms in total. The second-order valence-corrected chi connectivity index (χ2v) is 6.71. The van der Waals surface area contributed by atoms with Gasteiger partial charge in [0.25, 0.3) is 0 Å². The minimum Gasteiger partial charge on any atom is -0.486 e. The van der Waals surface area contributed by atoms with Crippen molar-refractivity contribution in [2.45, 2.75) is 19.1 Å². The number of nitrogens with one attached hydrogen (secondary N) is 1. The number of hydrogen-bond acceptors (Lipinski definition) is 5. The second kappa shape index (κ2) is 8.37. The minimum absolute atomic E-state index is 0.0326. The van der Waals surface area contributed by atoms with Crippen molar-refractivity contribution in [2.75, 3.05) is 25.0 Å². The summed E-state index contributed by atoms with van der Waals surface area (Å²) in [4.78, 5) is 24.9. The molecule has 0 aliphatic carbocycles. The van der Waals surface area contributed by atoms with Gasteiger partial charge in [-0.3, -0.25) is 9.69 Å². The maximum atomic E-state index is 13.6. The van der Waals surface area contributed by atoms with E-state index in [0.717, 1.165) is 0 Å². The number of carboxylic acid groups (broad SMARTS) is 1. The number of carbonyl (C=O) groups is 2. The summed E-state index contributed by atoms with van der Waals surface area (Å²) in [6.07, 6.45) is -1.33. The Morgan fingerprint density at radius 2 is 1.93 bits per heavy atom. The van der Waals surface area contributed by atoms with Crippen molar-refractivity contribution in [3.8, 4) is 5.75 Å². The average Bonchev–Trinajstić information content (AvgIpc) is 2.98. The van der Waals surface area contributed by atoms with Crippen LogP contribution in [-0.2, 0) is 4.79 Å². The van der Waals surface area contributed by atoms with Crippen molar-refractivity contribution in [3.63, 3.8) is 0 Å². The number of β-amino-alcohol motifs (C(OH)–C–C–N with tert-alkyl or cyclic N) is 1. The number of aliphatic hydroxyl groups excluding tert-OH is 1. The molecule has 0 bridgehead atoms. The number of halogens is 1. The molecule has 1 aliphatic rings. The summed E-state index contributed by atoms with van der Waals surface area (Å²) in [6, 6.07) is 10.4. The number of rotatable bonds is 6. The van der Waals surface area contributed by atoms with E-state index in [-0.39, 0.29) is 24.6 Å². The molecule has 1 saturated heterocycles. The average molecular weight is 388 g/mol. The van der Waals surface area contributed by atoms with E-state index in [1.807, 2.05) is 0 Å². The second-order valence-electron chi connectivity index (χ2n) is 6.71. The van der Waals surface area contributed by atoms with Gasteiger partial charge in [-0.25, -0.2) is 9.18 Å². The van der Waals surface area contributed by atoms with Crippen LogP contribution in [0.4, 0.5) is 10.1 Å². The molecule has 8 heteroatoms. The van der Waals surface area contributed by atoms with Crippen LogP contribution in [0.2, 0.25) is 0 Å². The maximum Gasteiger partial charge on any atom is 0.335 e. The summed E-state index contributed by atoms with van der Waals surface area (Å²) in [5.74, 6) is -1.29. The van der Waals surface area contributed by atoms with Crippen LogP contribution in [0, 0.1) is 12.7 Å². The summed E-state index contributed by atoms with van der Waals surface area (Å²) >= 11 is 0. The highest BCUT2D eigenvalue weighted by molar-refractivity contribution is 5.93. The van der Waals surface area contributed by atoms with Crippen LogP contribution in [-0.4, -0.2) is 58.8 Å². The zero-order chi connectivity index (χ0) is 20.3. The molecule has 0 unspecified atom stereocenters. The number of carboxylic acids is 1. The third kappa shape index (κ3) is 4.65. The van der Waals surface area contributed by atoms with E-state index >= 15 is 0 Å². The first-order valence-electron chi connectivity index (χ1n) is 8.79. The molecule has 148 valence electrons. The molecule has 0 aromatic heterocycles. The Bertz CT molecular complexity index is 871. The molecule has 0 saturated carbocycles. The Morgan fingerprint density at radius 1 is 1.21 bits per heavy atom. The van der Waals surface area contributed by atoms with Crippen LogP contribution in [0.15, 0.2) is 42.5 Å². The number of benzene rings is 2. The lowest BCUT2D eigenvalue weighted by atomic mass is 10.2. The molecule has 2 atom stereocenters. The maximum absolute atomic E-state index is 13.6. The van der Waals surface area contributed by atoms with Gasteiger partial charge in [-0.1, -0.05) is 6.07 Å². The van der Waals surface area contributed by atoms with E-state index in [1.165, 1.54) is 36.4 Å². The van der Waals surface area contributed by atoms with Gasteiger partial charge in [0.05, 0.1) is 12.1 Å². The molecule has 0 spiro atoms. The van der Waals surface area contributed by atoms with Gasteiger partial charge in [0.15, 0.2) is 0 Å². The van der Waals surface area contributed by atoms with E-state index in [9.17, 15) is 19.1 Å². The van der Waals surface area contributed by atoms with Crippen LogP contribution < -0.4 is 10.1 Å². The largest absolute Gasteiger partial charge is 0.486 e. The summed E-state index contributed by atoms with van der Waals surface area (Å²) in [6.45, 7) is 2.21. The molecule has 2 aromatic carbocycles. The van der Waals surface area contributed by atoms with Crippen molar-refractivity contribution in [1.82, 2.24) is 4.90 Å². The molecule has 2 aromatic rings. The SMILES string of the molecule is Cc1c(F)cccc1NC(=O)CN1C[C@@H](O)[C@H](Oc2ccc(C(=O)O)cc2)C1. The van der Waals surface area contributed by atoms with Gasteiger partial charge in [-0.15, -0.1) is 0 Å². The standard InChI is InChI=1S/C20H21FN2O5/c1-12-15(21)3-2-4-16(12)22-19(25)11-23-9-17(24)18(10-23)28-14-7-5-13(6-8-14)20(26)27/h2-8,17-18,24H,9-11H2,1H3,(H,22,25)(H,26,27)/t17-,18-/m1/s1. The number of amides is 1. The highest BCUT2D eigenvalue weighted by Crippen LogP contribution is 2.21. The number of aromatic carboxylic acids is 1. The molecule has 0 radical (unpaired) electrons. The zero-order valence-electron chi connectivity index (χ0n) is 15.3. The molecule has 1 amide bonds. The topological polar surface area (TPSA) is 99.1 Å². The first-order valence-corrected chi connectivity index (χ1v) is 8.79. The summed E-state index contributed by atoms with van der Waals surface area (Å²) in [5, 5.41) is 21.8. The Morgan fingerprint density at radius 3 is 2.61 bits per heavy atom. The number of carbonyl (C=O) groups excluding carboxylic acids is 1. The predicted molar refractivity (Wildman–Crippen MR) is 100 cm³/mol. The lowest BCUT2D eigenvalue weighted by Gasteiger charge is -2.17. The number of likely N-dealkylation sites (tertiary alicyclic amines) is 1. The van der Waals surface area contributed by atoms with E-state index < -0.39 is 24.0 Å². The highest BCUT2D eigenvalue weighted by Gasteiger charge is 2.34. The first kappa shape index (κ1) is 19.8. The van der Waals surface area contributed by atoms with Crippen molar-refractivity contribution in [1.29, 1.82) is 0 Å². The normalized spacial score (nSPS) is 19.4. The third-order valence-corrected chi connectivity index (χ3v) is 4.61. The summed E-state index contributed by atoms with van der Waals surface area (Å²) < 4.78 is 19.3. The Labute approximate surface area is 161 Å². The lowest BCUT2D eigenvalue weighted by Crippen LogP contribution is -2.33. The van der Waals surface area contributed by atoms with Crippen molar-refractivity contribution < 1.29 is 28.9 Å². The van der Waals surface area contributed by atoms with Crippen molar-refractivity contribution in [3.05, 3.63) is 59.4 Å². The molecule has 3 N–H and O–H groups in total. The van der Waals surface area contributed by atoms with Gasteiger partial charge in [-0.2, -0.15) is 0 Å². The molecular weight excluding hydrogens is 367 g/mol. The highest BCUT2D eigenvalue weighted by atomic mass is 19.1. The lowest BCUT2D eigenvalue weighted by molar-refractivity contribution is -0.117. The van der Waals surface area contributed by atoms with Gasteiger partial charge in [0, 0.05) is 24.3 Å². The minimum atomic E-state index is -1.03. The number of ether oxygens (including phenoxy) is 1. The van der Waals surface area contributed by atoms with Crippen molar-refractivity contribution in [2.24, 2.45) is 0 Å². The number of aliphatic hydroxyl groups is 1. The number of nitrogens with zero attached hydrogens (tertiary/aromatic N) is 1. The molecule has 3 rings (SSSR count). The van der Waals surface area contributed by atoms with Crippen LogP contribution >= 0.6 is 0 Å². The number of anilines is 1. The Hall–Kier alpha value is -2.97. The Balaban J connectivity index is 1.55. The molecule has 1 fully saturated rings.